The number of aryl methyl sites for hydroxylation is 2. The predicted molar refractivity (Wildman–Crippen MR) is 90.1 cm³/mol. The van der Waals surface area contributed by atoms with Crippen molar-refractivity contribution in [3.63, 3.8) is 0 Å². The lowest BCUT2D eigenvalue weighted by Crippen LogP contribution is -2.33. The highest BCUT2D eigenvalue weighted by molar-refractivity contribution is 5.96. The van der Waals surface area contributed by atoms with Gasteiger partial charge in [0, 0.05) is 31.1 Å². The number of amides is 1. The fraction of sp³-hybridized carbons (Fsp3) is 0.529. The molecule has 0 aromatic carbocycles. The highest BCUT2D eigenvalue weighted by Gasteiger charge is 2.26. The summed E-state index contributed by atoms with van der Waals surface area (Å²) in [5, 5.41) is 7.26. The molecule has 1 aliphatic heterocycles. The molecule has 2 aromatic rings. The van der Waals surface area contributed by atoms with Gasteiger partial charge in [-0.3, -0.25) is 4.79 Å². The van der Waals surface area contributed by atoms with E-state index in [1.54, 1.807) is 20.2 Å². The standard InChI is InChI=1S/C17H23N5O2/c1-10(2)20-16-13-5-7-22(8-6-14(13)18-9-19-16)17(23)15-11(3)21-24-12(15)4/h9-10H,5-8H2,1-4H3,(H,18,19,20). The number of anilines is 1. The van der Waals surface area contributed by atoms with Crippen LogP contribution in [0, 0.1) is 13.8 Å². The maximum atomic E-state index is 12.8. The third-order valence-electron chi connectivity index (χ3n) is 4.24. The summed E-state index contributed by atoms with van der Waals surface area (Å²) in [6.07, 6.45) is 3.05. The smallest absolute Gasteiger partial charge is 0.259 e. The minimum absolute atomic E-state index is 0.0228. The highest BCUT2D eigenvalue weighted by atomic mass is 16.5. The van der Waals surface area contributed by atoms with Crippen molar-refractivity contribution in [3.05, 3.63) is 34.6 Å². The molecule has 0 aliphatic carbocycles. The van der Waals surface area contributed by atoms with Crippen molar-refractivity contribution in [1.29, 1.82) is 0 Å². The molecule has 1 amide bonds. The van der Waals surface area contributed by atoms with Gasteiger partial charge in [0.05, 0.1) is 11.4 Å². The van der Waals surface area contributed by atoms with Crippen LogP contribution in [0.2, 0.25) is 0 Å². The number of hydrogen-bond donors (Lipinski definition) is 1. The summed E-state index contributed by atoms with van der Waals surface area (Å²) in [7, 11) is 0. The van der Waals surface area contributed by atoms with Gasteiger partial charge in [0.25, 0.3) is 5.91 Å². The van der Waals surface area contributed by atoms with Crippen LogP contribution in [-0.2, 0) is 12.8 Å². The summed E-state index contributed by atoms with van der Waals surface area (Å²) in [4.78, 5) is 23.5. The van der Waals surface area contributed by atoms with Crippen molar-refractivity contribution in [2.75, 3.05) is 18.4 Å². The van der Waals surface area contributed by atoms with Crippen molar-refractivity contribution in [2.24, 2.45) is 0 Å². The molecule has 128 valence electrons. The van der Waals surface area contributed by atoms with Crippen molar-refractivity contribution in [1.82, 2.24) is 20.0 Å². The lowest BCUT2D eigenvalue weighted by atomic mass is 10.1. The molecule has 3 rings (SSSR count). The van der Waals surface area contributed by atoms with Crippen molar-refractivity contribution in [3.8, 4) is 0 Å². The number of aromatic nitrogens is 3. The third-order valence-corrected chi connectivity index (χ3v) is 4.24. The van der Waals surface area contributed by atoms with Gasteiger partial charge in [-0.1, -0.05) is 5.16 Å². The average molecular weight is 329 g/mol. The molecule has 0 unspecified atom stereocenters. The summed E-state index contributed by atoms with van der Waals surface area (Å²) in [5.74, 6) is 1.42. The van der Waals surface area contributed by atoms with Gasteiger partial charge in [-0.2, -0.15) is 0 Å². The summed E-state index contributed by atoms with van der Waals surface area (Å²) in [6.45, 7) is 9.00. The zero-order valence-corrected chi connectivity index (χ0v) is 14.6. The number of carbonyl (C=O) groups is 1. The van der Waals surface area contributed by atoms with E-state index < -0.39 is 0 Å². The van der Waals surface area contributed by atoms with Gasteiger partial charge in [-0.15, -0.1) is 0 Å². The van der Waals surface area contributed by atoms with Gasteiger partial charge in [0.2, 0.25) is 0 Å². The van der Waals surface area contributed by atoms with E-state index >= 15 is 0 Å². The van der Waals surface area contributed by atoms with Crippen molar-refractivity contribution < 1.29 is 9.32 Å². The number of rotatable bonds is 3. The second-order valence-corrected chi connectivity index (χ2v) is 6.44. The van der Waals surface area contributed by atoms with Crippen LogP contribution in [0.3, 0.4) is 0 Å². The van der Waals surface area contributed by atoms with Gasteiger partial charge in [0.1, 0.15) is 23.5 Å². The van der Waals surface area contributed by atoms with E-state index in [9.17, 15) is 4.79 Å². The van der Waals surface area contributed by atoms with Crippen molar-refractivity contribution in [2.45, 2.75) is 46.6 Å². The fourth-order valence-corrected chi connectivity index (χ4v) is 3.07. The van der Waals surface area contributed by atoms with Crippen LogP contribution in [-0.4, -0.2) is 45.1 Å². The van der Waals surface area contributed by atoms with E-state index in [1.165, 1.54) is 0 Å². The van der Waals surface area contributed by atoms with E-state index in [-0.39, 0.29) is 5.91 Å². The Labute approximate surface area is 141 Å². The van der Waals surface area contributed by atoms with Crippen LogP contribution in [0.5, 0.6) is 0 Å². The summed E-state index contributed by atoms with van der Waals surface area (Å²) < 4.78 is 5.13. The van der Waals surface area contributed by atoms with Crippen LogP contribution in [0.25, 0.3) is 0 Å². The molecule has 0 atom stereocenters. The number of carbonyl (C=O) groups excluding carboxylic acids is 1. The van der Waals surface area contributed by atoms with Crippen molar-refractivity contribution >= 4 is 11.7 Å². The Bertz CT molecular complexity index is 734. The molecular formula is C17H23N5O2. The SMILES string of the molecule is Cc1noc(C)c1C(=O)N1CCc2ncnc(NC(C)C)c2CC1. The molecule has 0 saturated heterocycles. The summed E-state index contributed by atoms with van der Waals surface area (Å²) >= 11 is 0. The van der Waals surface area contributed by atoms with Crippen LogP contribution < -0.4 is 5.32 Å². The lowest BCUT2D eigenvalue weighted by Gasteiger charge is -2.20. The second kappa shape index (κ2) is 6.59. The summed E-state index contributed by atoms with van der Waals surface area (Å²) in [6, 6.07) is 0.298. The molecule has 2 aromatic heterocycles. The second-order valence-electron chi connectivity index (χ2n) is 6.44. The van der Waals surface area contributed by atoms with Gasteiger partial charge >= 0.3 is 0 Å². The minimum atomic E-state index is -0.0228. The quantitative estimate of drug-likeness (QED) is 0.929. The Morgan fingerprint density at radius 3 is 2.67 bits per heavy atom. The zero-order valence-electron chi connectivity index (χ0n) is 14.6. The molecule has 0 bridgehead atoms. The largest absolute Gasteiger partial charge is 0.368 e. The number of nitrogens with one attached hydrogen (secondary N) is 1. The zero-order chi connectivity index (χ0) is 17.3. The third kappa shape index (κ3) is 3.11. The highest BCUT2D eigenvalue weighted by Crippen LogP contribution is 2.23. The topological polar surface area (TPSA) is 84.2 Å². The van der Waals surface area contributed by atoms with Gasteiger partial charge in [0.15, 0.2) is 0 Å². The maximum Gasteiger partial charge on any atom is 0.259 e. The number of nitrogens with zero attached hydrogens (tertiary/aromatic N) is 4. The van der Waals surface area contributed by atoms with Crippen LogP contribution >= 0.6 is 0 Å². The van der Waals surface area contributed by atoms with E-state index in [2.05, 4.69) is 34.3 Å². The molecule has 24 heavy (non-hydrogen) atoms. The molecule has 0 saturated carbocycles. The molecule has 0 fully saturated rings. The summed E-state index contributed by atoms with van der Waals surface area (Å²) in [5.41, 5.74) is 3.34. The fourth-order valence-electron chi connectivity index (χ4n) is 3.07. The molecule has 1 N–H and O–H groups in total. The Balaban J connectivity index is 1.82. The first-order valence-corrected chi connectivity index (χ1v) is 8.28. The molecule has 7 heteroatoms. The average Bonchev–Trinajstić information content (AvgIpc) is 2.74. The van der Waals surface area contributed by atoms with Crippen LogP contribution in [0.15, 0.2) is 10.9 Å². The molecule has 0 radical (unpaired) electrons. The Hall–Kier alpha value is -2.44. The first-order valence-electron chi connectivity index (χ1n) is 8.28. The molecule has 1 aliphatic rings. The first-order chi connectivity index (χ1) is 11.5. The van der Waals surface area contributed by atoms with E-state index in [1.807, 2.05) is 4.90 Å². The van der Waals surface area contributed by atoms with Gasteiger partial charge < -0.3 is 14.7 Å². The first kappa shape index (κ1) is 16.4. The number of hydrogen-bond acceptors (Lipinski definition) is 6. The minimum Gasteiger partial charge on any atom is -0.368 e. The Morgan fingerprint density at radius 1 is 1.25 bits per heavy atom. The Morgan fingerprint density at radius 2 is 2.00 bits per heavy atom. The molecule has 0 spiro atoms. The Kier molecular flexibility index (Phi) is 4.51. The molecule has 7 nitrogen and oxygen atoms in total. The van der Waals surface area contributed by atoms with Gasteiger partial charge in [-0.25, -0.2) is 9.97 Å². The predicted octanol–water partition coefficient (Wildman–Crippen LogP) is 2.14. The van der Waals surface area contributed by atoms with E-state index in [0.29, 0.717) is 36.1 Å². The van der Waals surface area contributed by atoms with Crippen LogP contribution in [0.4, 0.5) is 5.82 Å². The molecule has 3 heterocycles. The maximum absolute atomic E-state index is 12.8. The van der Waals surface area contributed by atoms with Crippen LogP contribution in [0.1, 0.15) is 46.9 Å². The van der Waals surface area contributed by atoms with Gasteiger partial charge in [-0.05, 0) is 34.1 Å². The number of fused-ring (bicyclic) bond motifs is 1. The molecular weight excluding hydrogens is 306 g/mol. The van der Waals surface area contributed by atoms with E-state index in [0.717, 1.165) is 29.9 Å². The monoisotopic (exact) mass is 329 g/mol. The lowest BCUT2D eigenvalue weighted by molar-refractivity contribution is 0.0760. The van der Waals surface area contributed by atoms with E-state index in [4.69, 9.17) is 4.52 Å². The normalized spacial score (nSPS) is 14.5.